The van der Waals surface area contributed by atoms with E-state index in [1.807, 2.05) is 36.4 Å². The van der Waals surface area contributed by atoms with Gasteiger partial charge in [-0.2, -0.15) is 0 Å². The lowest BCUT2D eigenvalue weighted by Crippen LogP contribution is -2.48. The number of nitrogens with one attached hydrogen (secondary N) is 2. The molecule has 1 heterocycles. The summed E-state index contributed by atoms with van der Waals surface area (Å²) in [6, 6.07) is 13.2. The van der Waals surface area contributed by atoms with Crippen LogP contribution in [0.3, 0.4) is 0 Å². The van der Waals surface area contributed by atoms with Gasteiger partial charge < -0.3 is 20.3 Å². The largest absolute Gasteiger partial charge is 0.495 e. The normalized spacial score (nSPS) is 14.6. The number of aryl methyl sites for hydroxylation is 1. The van der Waals surface area contributed by atoms with Crippen molar-refractivity contribution in [3.8, 4) is 5.75 Å². The molecule has 2 N–H and O–H groups in total. The van der Waals surface area contributed by atoms with Crippen molar-refractivity contribution >= 4 is 29.0 Å². The average molecular weight is 403 g/mol. The Kier molecular flexibility index (Phi) is 7.01. The highest BCUT2D eigenvalue weighted by atomic mass is 35.5. The predicted molar refractivity (Wildman–Crippen MR) is 115 cm³/mol. The fourth-order valence-corrected chi connectivity index (χ4v) is 3.54. The van der Waals surface area contributed by atoms with E-state index < -0.39 is 0 Å². The Bertz CT molecular complexity index is 807. The Morgan fingerprint density at radius 3 is 2.64 bits per heavy atom. The monoisotopic (exact) mass is 402 g/mol. The highest BCUT2D eigenvalue weighted by Crippen LogP contribution is 2.25. The number of carbonyl (C=O) groups excluding carboxylic acids is 1. The molecule has 0 bridgehead atoms. The molecule has 0 radical (unpaired) electrons. The van der Waals surface area contributed by atoms with Gasteiger partial charge in [0.05, 0.1) is 12.8 Å². The van der Waals surface area contributed by atoms with Gasteiger partial charge in [0, 0.05) is 50.0 Å². The Balaban J connectivity index is 1.41. The van der Waals surface area contributed by atoms with Crippen LogP contribution in [0.25, 0.3) is 0 Å². The number of amides is 2. The third kappa shape index (κ3) is 5.30. The van der Waals surface area contributed by atoms with E-state index in [1.165, 1.54) is 11.3 Å². The molecule has 6 nitrogen and oxygen atoms in total. The number of para-hydroxylation sites is 2. The highest BCUT2D eigenvalue weighted by molar-refractivity contribution is 6.30. The first-order chi connectivity index (χ1) is 13.6. The van der Waals surface area contributed by atoms with Gasteiger partial charge in [-0.3, -0.25) is 4.90 Å². The van der Waals surface area contributed by atoms with E-state index in [4.69, 9.17) is 16.3 Å². The number of carbonyl (C=O) groups is 1. The maximum atomic E-state index is 12.1. The number of nitrogens with zero attached hydrogens (tertiary/aromatic N) is 2. The van der Waals surface area contributed by atoms with Gasteiger partial charge in [-0.05, 0) is 36.8 Å². The fourth-order valence-electron chi connectivity index (χ4n) is 3.38. The van der Waals surface area contributed by atoms with E-state index in [-0.39, 0.29) is 6.03 Å². The molecule has 0 unspecified atom stereocenters. The highest BCUT2D eigenvalue weighted by Gasteiger charge is 2.18. The lowest BCUT2D eigenvalue weighted by molar-refractivity contribution is 0.240. The minimum Gasteiger partial charge on any atom is -0.495 e. The van der Waals surface area contributed by atoms with E-state index in [2.05, 4.69) is 33.4 Å². The summed E-state index contributed by atoms with van der Waals surface area (Å²) < 4.78 is 5.24. The number of anilines is 2. The lowest BCUT2D eigenvalue weighted by atomic mass is 10.1. The number of hydrogen-bond acceptors (Lipinski definition) is 4. The summed E-state index contributed by atoms with van der Waals surface area (Å²) in [5.41, 5.74) is 3.11. The Labute approximate surface area is 171 Å². The molecule has 1 saturated heterocycles. The SMILES string of the molecule is COc1ccccc1NC(=O)NCCN1CCN(c2cc(Cl)ccc2C)CC1. The van der Waals surface area contributed by atoms with E-state index in [9.17, 15) is 4.79 Å². The molecular formula is C21H27ClN4O2. The van der Waals surface area contributed by atoms with Crippen molar-refractivity contribution in [2.75, 3.05) is 56.6 Å². The summed E-state index contributed by atoms with van der Waals surface area (Å²) in [6.45, 7) is 7.36. The molecule has 7 heteroatoms. The molecule has 2 aromatic carbocycles. The van der Waals surface area contributed by atoms with Crippen molar-refractivity contribution in [2.24, 2.45) is 0 Å². The quantitative estimate of drug-likeness (QED) is 0.775. The van der Waals surface area contributed by atoms with Gasteiger partial charge in [-0.1, -0.05) is 29.8 Å². The summed E-state index contributed by atoms with van der Waals surface area (Å²) in [7, 11) is 1.59. The third-order valence-electron chi connectivity index (χ3n) is 4.95. The first-order valence-electron chi connectivity index (χ1n) is 9.48. The molecule has 0 atom stereocenters. The number of halogens is 1. The van der Waals surface area contributed by atoms with Crippen molar-refractivity contribution in [3.63, 3.8) is 0 Å². The van der Waals surface area contributed by atoms with E-state index in [0.717, 1.165) is 37.7 Å². The minimum atomic E-state index is -0.224. The van der Waals surface area contributed by atoms with Crippen LogP contribution < -0.4 is 20.3 Å². The molecule has 0 spiro atoms. The van der Waals surface area contributed by atoms with Crippen LogP contribution in [-0.4, -0.2) is 57.3 Å². The number of methoxy groups -OCH3 is 1. The van der Waals surface area contributed by atoms with Crippen molar-refractivity contribution < 1.29 is 9.53 Å². The number of urea groups is 1. The molecule has 2 amide bonds. The first kappa shape index (κ1) is 20.3. The number of benzene rings is 2. The molecule has 0 saturated carbocycles. The standard InChI is InChI=1S/C21H27ClN4O2/c1-16-7-8-17(22)15-19(16)26-13-11-25(12-14-26)10-9-23-21(27)24-18-5-3-4-6-20(18)28-2/h3-8,15H,9-14H2,1-2H3,(H2,23,24,27). The number of hydrogen-bond donors (Lipinski definition) is 2. The van der Waals surface area contributed by atoms with E-state index in [1.54, 1.807) is 7.11 Å². The van der Waals surface area contributed by atoms with Crippen LogP contribution >= 0.6 is 11.6 Å². The molecule has 1 aliphatic heterocycles. The van der Waals surface area contributed by atoms with Crippen LogP contribution in [0.5, 0.6) is 5.75 Å². The molecule has 1 fully saturated rings. The van der Waals surface area contributed by atoms with Gasteiger partial charge in [0.15, 0.2) is 0 Å². The van der Waals surface area contributed by atoms with E-state index in [0.29, 0.717) is 18.0 Å². The molecule has 0 aromatic heterocycles. The van der Waals surface area contributed by atoms with E-state index >= 15 is 0 Å². The lowest BCUT2D eigenvalue weighted by Gasteiger charge is -2.36. The van der Waals surface area contributed by atoms with Gasteiger partial charge in [-0.25, -0.2) is 4.79 Å². The topological polar surface area (TPSA) is 56.8 Å². The van der Waals surface area contributed by atoms with Gasteiger partial charge in [0.1, 0.15) is 5.75 Å². The van der Waals surface area contributed by atoms with Gasteiger partial charge in [-0.15, -0.1) is 0 Å². The Morgan fingerprint density at radius 1 is 1.14 bits per heavy atom. The number of ether oxygens (including phenoxy) is 1. The average Bonchev–Trinajstić information content (AvgIpc) is 2.71. The minimum absolute atomic E-state index is 0.224. The second kappa shape index (κ2) is 9.66. The smallest absolute Gasteiger partial charge is 0.319 e. The zero-order valence-corrected chi connectivity index (χ0v) is 17.1. The first-order valence-corrected chi connectivity index (χ1v) is 9.86. The summed E-state index contributed by atoms with van der Waals surface area (Å²) in [5, 5.41) is 6.51. The van der Waals surface area contributed by atoms with Crippen molar-refractivity contribution in [2.45, 2.75) is 6.92 Å². The predicted octanol–water partition coefficient (Wildman–Crippen LogP) is 3.60. The zero-order valence-electron chi connectivity index (χ0n) is 16.4. The summed E-state index contributed by atoms with van der Waals surface area (Å²) >= 11 is 6.15. The Morgan fingerprint density at radius 2 is 1.89 bits per heavy atom. The number of piperazine rings is 1. The fraction of sp³-hybridized carbons (Fsp3) is 0.381. The molecule has 28 heavy (non-hydrogen) atoms. The van der Waals surface area contributed by atoms with Crippen LogP contribution in [0.2, 0.25) is 5.02 Å². The van der Waals surface area contributed by atoms with Gasteiger partial charge in [0.25, 0.3) is 0 Å². The summed E-state index contributed by atoms with van der Waals surface area (Å²) in [5.74, 6) is 0.644. The maximum Gasteiger partial charge on any atom is 0.319 e. The van der Waals surface area contributed by atoms with Crippen LogP contribution in [0.4, 0.5) is 16.2 Å². The maximum absolute atomic E-state index is 12.1. The van der Waals surface area contributed by atoms with Crippen LogP contribution in [-0.2, 0) is 0 Å². The molecular weight excluding hydrogens is 376 g/mol. The molecule has 2 aromatic rings. The van der Waals surface area contributed by atoms with Crippen LogP contribution in [0.1, 0.15) is 5.56 Å². The summed E-state index contributed by atoms with van der Waals surface area (Å²) in [6.07, 6.45) is 0. The Hall–Kier alpha value is -2.44. The molecule has 1 aliphatic rings. The zero-order chi connectivity index (χ0) is 19.9. The van der Waals surface area contributed by atoms with Gasteiger partial charge >= 0.3 is 6.03 Å². The number of rotatable bonds is 6. The molecule has 0 aliphatic carbocycles. The van der Waals surface area contributed by atoms with Crippen LogP contribution in [0.15, 0.2) is 42.5 Å². The third-order valence-corrected chi connectivity index (χ3v) is 5.19. The molecule has 3 rings (SSSR count). The second-order valence-electron chi connectivity index (χ2n) is 6.84. The van der Waals surface area contributed by atoms with Gasteiger partial charge in [0.2, 0.25) is 0 Å². The van der Waals surface area contributed by atoms with Crippen molar-refractivity contribution in [1.82, 2.24) is 10.2 Å². The van der Waals surface area contributed by atoms with Crippen LogP contribution in [0, 0.1) is 6.92 Å². The second-order valence-corrected chi connectivity index (χ2v) is 7.28. The summed E-state index contributed by atoms with van der Waals surface area (Å²) in [4.78, 5) is 16.8. The van der Waals surface area contributed by atoms with Crippen molar-refractivity contribution in [1.29, 1.82) is 0 Å². The van der Waals surface area contributed by atoms with Crippen molar-refractivity contribution in [3.05, 3.63) is 53.1 Å². The molecule has 150 valence electrons.